The van der Waals surface area contributed by atoms with Crippen molar-refractivity contribution < 1.29 is 17.9 Å². The number of carbonyl (C=O) groups is 1. The standard InChI is InChI=1S/C26H32N4O4S/c1-28(2)35(32,33)21-7-8-25(29-13-15-34-16-14-29)22(18-21)26(31)30-11-9-19(10-12-30)24-17-20-5-3-4-6-23(20)27-24/h3-8,17-19,27H,9-16H2,1-2H3. The van der Waals surface area contributed by atoms with Gasteiger partial charge < -0.3 is 19.5 Å². The number of fused-ring (bicyclic) bond motifs is 1. The number of sulfonamides is 1. The first-order chi connectivity index (χ1) is 16.8. The second kappa shape index (κ2) is 9.64. The Morgan fingerprint density at radius 3 is 2.40 bits per heavy atom. The van der Waals surface area contributed by atoms with Gasteiger partial charge in [0.15, 0.2) is 0 Å². The summed E-state index contributed by atoms with van der Waals surface area (Å²) in [6, 6.07) is 15.4. The number of rotatable bonds is 5. The van der Waals surface area contributed by atoms with Crippen molar-refractivity contribution in [2.75, 3.05) is 58.4 Å². The molecule has 0 spiro atoms. The number of hydrogen-bond donors (Lipinski definition) is 1. The number of piperidine rings is 1. The van der Waals surface area contributed by atoms with Gasteiger partial charge in [-0.05, 0) is 48.6 Å². The Morgan fingerprint density at radius 2 is 1.71 bits per heavy atom. The number of H-pyrrole nitrogens is 1. The third-order valence-corrected chi connectivity index (χ3v) is 8.91. The molecule has 3 aromatic rings. The van der Waals surface area contributed by atoms with Crippen LogP contribution in [0.25, 0.3) is 10.9 Å². The Morgan fingerprint density at radius 1 is 1.00 bits per heavy atom. The number of anilines is 1. The molecule has 0 saturated carbocycles. The smallest absolute Gasteiger partial charge is 0.256 e. The van der Waals surface area contributed by atoms with Gasteiger partial charge in [0, 0.05) is 63.1 Å². The Kier molecular flexibility index (Phi) is 6.57. The highest BCUT2D eigenvalue weighted by atomic mass is 32.2. The van der Waals surface area contributed by atoms with Gasteiger partial charge in [0.05, 0.1) is 23.7 Å². The van der Waals surface area contributed by atoms with E-state index in [9.17, 15) is 13.2 Å². The number of aromatic amines is 1. The summed E-state index contributed by atoms with van der Waals surface area (Å²) in [5.41, 5.74) is 3.56. The van der Waals surface area contributed by atoms with E-state index in [-0.39, 0.29) is 10.8 Å². The van der Waals surface area contributed by atoms with E-state index in [0.717, 1.165) is 24.0 Å². The van der Waals surface area contributed by atoms with Gasteiger partial charge in [0.1, 0.15) is 0 Å². The van der Waals surface area contributed by atoms with Gasteiger partial charge in [-0.15, -0.1) is 0 Å². The average molecular weight is 497 g/mol. The number of benzene rings is 2. The zero-order valence-corrected chi connectivity index (χ0v) is 21.1. The number of morpholine rings is 1. The molecule has 2 aliphatic rings. The highest BCUT2D eigenvalue weighted by Crippen LogP contribution is 2.32. The zero-order valence-electron chi connectivity index (χ0n) is 20.2. The lowest BCUT2D eigenvalue weighted by atomic mass is 9.93. The molecule has 5 rings (SSSR count). The van der Waals surface area contributed by atoms with Crippen LogP contribution in [0.4, 0.5) is 5.69 Å². The average Bonchev–Trinajstić information content (AvgIpc) is 3.33. The molecule has 0 aliphatic carbocycles. The summed E-state index contributed by atoms with van der Waals surface area (Å²) in [6.07, 6.45) is 1.72. The van der Waals surface area contributed by atoms with Gasteiger partial charge in [-0.3, -0.25) is 4.79 Å². The largest absolute Gasteiger partial charge is 0.378 e. The minimum absolute atomic E-state index is 0.114. The quantitative estimate of drug-likeness (QED) is 0.586. The predicted octanol–water partition coefficient (Wildman–Crippen LogP) is 3.27. The van der Waals surface area contributed by atoms with E-state index in [1.54, 1.807) is 18.2 Å². The van der Waals surface area contributed by atoms with Crippen molar-refractivity contribution in [3.63, 3.8) is 0 Å². The molecule has 0 unspecified atom stereocenters. The molecule has 2 aliphatic heterocycles. The van der Waals surface area contributed by atoms with Crippen LogP contribution in [0.15, 0.2) is 53.4 Å². The third-order valence-electron chi connectivity index (χ3n) is 7.10. The Balaban J connectivity index is 1.39. The molecule has 186 valence electrons. The van der Waals surface area contributed by atoms with Crippen molar-refractivity contribution in [2.24, 2.45) is 0 Å². The lowest BCUT2D eigenvalue weighted by molar-refractivity contribution is 0.0711. The van der Waals surface area contributed by atoms with E-state index in [1.807, 2.05) is 17.0 Å². The number of nitrogens with one attached hydrogen (secondary N) is 1. The molecule has 1 amide bonds. The predicted molar refractivity (Wildman–Crippen MR) is 137 cm³/mol. The number of carbonyl (C=O) groups excluding carboxylic acids is 1. The molecule has 0 radical (unpaired) electrons. The van der Waals surface area contributed by atoms with E-state index in [4.69, 9.17) is 4.74 Å². The van der Waals surface area contributed by atoms with Gasteiger partial charge in [0.25, 0.3) is 5.91 Å². The highest BCUT2D eigenvalue weighted by Gasteiger charge is 2.30. The Labute approximate surface area is 206 Å². The van der Waals surface area contributed by atoms with E-state index < -0.39 is 10.0 Å². The molecule has 2 fully saturated rings. The number of amides is 1. The van der Waals surface area contributed by atoms with Crippen molar-refractivity contribution >= 4 is 32.5 Å². The summed E-state index contributed by atoms with van der Waals surface area (Å²) < 4.78 is 32.3. The monoisotopic (exact) mass is 496 g/mol. The number of nitrogens with zero attached hydrogens (tertiary/aromatic N) is 3. The SMILES string of the molecule is CN(C)S(=O)(=O)c1ccc(N2CCOCC2)c(C(=O)N2CCC(c3cc4ccccc4[nH]3)CC2)c1. The van der Waals surface area contributed by atoms with Gasteiger partial charge in [0.2, 0.25) is 10.0 Å². The van der Waals surface area contributed by atoms with Crippen LogP contribution in [0.5, 0.6) is 0 Å². The molecular formula is C26H32N4O4S. The second-order valence-electron chi connectivity index (χ2n) is 9.44. The van der Waals surface area contributed by atoms with Crippen molar-refractivity contribution in [1.29, 1.82) is 0 Å². The fourth-order valence-electron chi connectivity index (χ4n) is 5.02. The lowest BCUT2D eigenvalue weighted by Crippen LogP contribution is -2.41. The van der Waals surface area contributed by atoms with Crippen molar-refractivity contribution in [2.45, 2.75) is 23.7 Å². The molecule has 0 atom stereocenters. The molecule has 0 bridgehead atoms. The maximum absolute atomic E-state index is 13.7. The first-order valence-electron chi connectivity index (χ1n) is 12.1. The maximum atomic E-state index is 13.7. The number of para-hydroxylation sites is 1. The van der Waals surface area contributed by atoms with Crippen LogP contribution in [0.1, 0.15) is 34.8 Å². The Hall–Kier alpha value is -2.88. The van der Waals surface area contributed by atoms with Crippen LogP contribution < -0.4 is 4.90 Å². The van der Waals surface area contributed by atoms with Gasteiger partial charge in [-0.25, -0.2) is 12.7 Å². The number of hydrogen-bond acceptors (Lipinski definition) is 5. The minimum atomic E-state index is -3.65. The molecule has 1 N–H and O–H groups in total. The van der Waals surface area contributed by atoms with Crippen LogP contribution in [-0.2, 0) is 14.8 Å². The van der Waals surface area contributed by atoms with Crippen molar-refractivity contribution in [3.05, 3.63) is 59.8 Å². The summed E-state index contributed by atoms with van der Waals surface area (Å²) in [7, 11) is -0.650. The van der Waals surface area contributed by atoms with Gasteiger partial charge in [-0.2, -0.15) is 0 Å². The highest BCUT2D eigenvalue weighted by molar-refractivity contribution is 7.89. The van der Waals surface area contributed by atoms with Crippen LogP contribution >= 0.6 is 0 Å². The molecule has 9 heteroatoms. The summed E-state index contributed by atoms with van der Waals surface area (Å²) in [5.74, 6) is 0.253. The molecule has 1 aromatic heterocycles. The fourth-order valence-corrected chi connectivity index (χ4v) is 5.95. The molecule has 2 aromatic carbocycles. The van der Waals surface area contributed by atoms with Crippen molar-refractivity contribution in [1.82, 2.24) is 14.2 Å². The first-order valence-corrected chi connectivity index (χ1v) is 13.5. The molecule has 3 heterocycles. The van der Waals surface area contributed by atoms with Crippen LogP contribution in [-0.4, -0.2) is 82.0 Å². The topological polar surface area (TPSA) is 86.0 Å². The maximum Gasteiger partial charge on any atom is 0.256 e. The van der Waals surface area contributed by atoms with E-state index in [0.29, 0.717) is 50.9 Å². The number of aromatic nitrogens is 1. The first kappa shape index (κ1) is 23.8. The zero-order chi connectivity index (χ0) is 24.6. The summed E-state index contributed by atoms with van der Waals surface area (Å²) >= 11 is 0. The summed E-state index contributed by atoms with van der Waals surface area (Å²) in [4.78, 5) is 21.4. The number of ether oxygens (including phenoxy) is 1. The number of likely N-dealkylation sites (tertiary alicyclic amines) is 1. The molecule has 35 heavy (non-hydrogen) atoms. The van der Waals surface area contributed by atoms with Gasteiger partial charge >= 0.3 is 0 Å². The Bertz CT molecular complexity index is 1290. The fraction of sp³-hybridized carbons (Fsp3) is 0.423. The molecule has 2 saturated heterocycles. The van der Waals surface area contributed by atoms with E-state index in [2.05, 4.69) is 28.1 Å². The van der Waals surface area contributed by atoms with E-state index in [1.165, 1.54) is 29.5 Å². The normalized spacial score (nSPS) is 17.9. The summed E-state index contributed by atoms with van der Waals surface area (Å²) in [5, 5.41) is 1.20. The van der Waals surface area contributed by atoms with Crippen LogP contribution in [0, 0.1) is 0 Å². The molecule has 8 nitrogen and oxygen atoms in total. The third kappa shape index (κ3) is 4.68. The van der Waals surface area contributed by atoms with Crippen LogP contribution in [0.2, 0.25) is 0 Å². The van der Waals surface area contributed by atoms with E-state index >= 15 is 0 Å². The van der Waals surface area contributed by atoms with Crippen LogP contribution in [0.3, 0.4) is 0 Å². The molecular weight excluding hydrogens is 464 g/mol. The van der Waals surface area contributed by atoms with Gasteiger partial charge in [-0.1, -0.05) is 18.2 Å². The lowest BCUT2D eigenvalue weighted by Gasteiger charge is -2.34. The minimum Gasteiger partial charge on any atom is -0.378 e. The second-order valence-corrected chi connectivity index (χ2v) is 11.6. The summed E-state index contributed by atoms with van der Waals surface area (Å²) in [6.45, 7) is 3.77. The van der Waals surface area contributed by atoms with Crippen molar-refractivity contribution in [3.8, 4) is 0 Å².